The summed E-state index contributed by atoms with van der Waals surface area (Å²) in [6, 6.07) is 0.570. The number of esters is 1. The molecular formula is C10H9F3N2O4. The van der Waals surface area contributed by atoms with Gasteiger partial charge in [0.25, 0.3) is 12.4 Å². The Kier molecular flexibility index (Phi) is 4.79. The highest BCUT2D eigenvalue weighted by Crippen LogP contribution is 2.26. The molecule has 0 aliphatic heterocycles. The lowest BCUT2D eigenvalue weighted by atomic mass is 10.1. The van der Waals surface area contributed by atoms with Gasteiger partial charge in [0.1, 0.15) is 5.69 Å². The summed E-state index contributed by atoms with van der Waals surface area (Å²) in [5, 5.41) is 10.5. The molecule has 1 aromatic rings. The average molecular weight is 278 g/mol. The van der Waals surface area contributed by atoms with Gasteiger partial charge >= 0.3 is 11.7 Å². The van der Waals surface area contributed by atoms with Crippen LogP contribution in [-0.2, 0) is 16.0 Å². The van der Waals surface area contributed by atoms with Crippen molar-refractivity contribution in [3.05, 3.63) is 33.4 Å². The summed E-state index contributed by atoms with van der Waals surface area (Å²) in [6.07, 6.45) is -3.79. The van der Waals surface area contributed by atoms with Gasteiger partial charge in [0, 0.05) is 6.07 Å². The maximum Gasteiger partial charge on any atom is 0.324 e. The summed E-state index contributed by atoms with van der Waals surface area (Å²) in [6.45, 7) is 1.54. The number of halogens is 3. The van der Waals surface area contributed by atoms with Crippen LogP contribution in [0.1, 0.15) is 24.6 Å². The van der Waals surface area contributed by atoms with E-state index in [1.54, 1.807) is 0 Å². The number of alkyl halides is 2. The molecule has 0 radical (unpaired) electrons. The molecule has 0 atom stereocenters. The Morgan fingerprint density at radius 1 is 1.58 bits per heavy atom. The molecule has 1 heterocycles. The summed E-state index contributed by atoms with van der Waals surface area (Å²) < 4.78 is 42.9. The van der Waals surface area contributed by atoms with Gasteiger partial charge in [0.15, 0.2) is 0 Å². The average Bonchev–Trinajstić information content (AvgIpc) is 2.30. The van der Waals surface area contributed by atoms with Crippen molar-refractivity contribution < 1.29 is 27.6 Å². The van der Waals surface area contributed by atoms with Gasteiger partial charge < -0.3 is 4.74 Å². The fourth-order valence-electron chi connectivity index (χ4n) is 1.36. The molecule has 0 bridgehead atoms. The molecule has 9 heteroatoms. The minimum Gasteiger partial charge on any atom is -0.466 e. The Morgan fingerprint density at radius 2 is 2.21 bits per heavy atom. The molecule has 0 saturated carbocycles. The lowest BCUT2D eigenvalue weighted by Gasteiger charge is -2.08. The van der Waals surface area contributed by atoms with E-state index in [9.17, 15) is 28.1 Å². The SMILES string of the molecule is CCOC(=O)Cc1cc([N+](=O)[O-])c(F)nc1C(F)F. The Morgan fingerprint density at radius 3 is 2.68 bits per heavy atom. The summed E-state index contributed by atoms with van der Waals surface area (Å²) in [5.41, 5.74) is -2.50. The second kappa shape index (κ2) is 6.12. The molecule has 0 amide bonds. The van der Waals surface area contributed by atoms with E-state index in [-0.39, 0.29) is 6.61 Å². The van der Waals surface area contributed by atoms with Crippen molar-refractivity contribution >= 4 is 11.7 Å². The third-order valence-corrected chi connectivity index (χ3v) is 2.11. The molecule has 0 fully saturated rings. The maximum atomic E-state index is 13.1. The molecule has 0 saturated heterocycles. The molecule has 0 aliphatic rings. The van der Waals surface area contributed by atoms with E-state index in [1.807, 2.05) is 0 Å². The number of hydrogen-bond acceptors (Lipinski definition) is 5. The predicted octanol–water partition coefficient (Wildman–Crippen LogP) is 2.17. The highest BCUT2D eigenvalue weighted by atomic mass is 19.3. The van der Waals surface area contributed by atoms with Crippen molar-refractivity contribution in [1.29, 1.82) is 0 Å². The minimum atomic E-state index is -3.15. The smallest absolute Gasteiger partial charge is 0.324 e. The largest absolute Gasteiger partial charge is 0.466 e. The van der Waals surface area contributed by atoms with Gasteiger partial charge in [-0.15, -0.1) is 0 Å². The van der Waals surface area contributed by atoms with Crippen LogP contribution in [0.5, 0.6) is 0 Å². The third kappa shape index (κ3) is 3.63. The first-order chi connectivity index (χ1) is 8.86. The van der Waals surface area contributed by atoms with Crippen molar-refractivity contribution in [2.45, 2.75) is 19.8 Å². The lowest BCUT2D eigenvalue weighted by Crippen LogP contribution is -2.12. The number of rotatable bonds is 5. The van der Waals surface area contributed by atoms with E-state index >= 15 is 0 Å². The Bertz CT molecular complexity index is 508. The van der Waals surface area contributed by atoms with Gasteiger partial charge in [0.05, 0.1) is 18.0 Å². The molecule has 19 heavy (non-hydrogen) atoms. The zero-order valence-electron chi connectivity index (χ0n) is 9.73. The van der Waals surface area contributed by atoms with E-state index < -0.39 is 46.6 Å². The van der Waals surface area contributed by atoms with Crippen LogP contribution < -0.4 is 0 Å². The fourth-order valence-corrected chi connectivity index (χ4v) is 1.36. The molecule has 104 valence electrons. The number of ether oxygens (including phenoxy) is 1. The van der Waals surface area contributed by atoms with Gasteiger partial charge in [-0.3, -0.25) is 14.9 Å². The number of hydrogen-bond donors (Lipinski definition) is 0. The first kappa shape index (κ1) is 14.9. The van der Waals surface area contributed by atoms with Crippen LogP contribution in [0.2, 0.25) is 0 Å². The third-order valence-electron chi connectivity index (χ3n) is 2.11. The Balaban J connectivity index is 3.21. The van der Waals surface area contributed by atoms with Gasteiger partial charge in [0.2, 0.25) is 0 Å². The van der Waals surface area contributed by atoms with Gasteiger partial charge in [-0.1, -0.05) is 0 Å². The van der Waals surface area contributed by atoms with E-state index in [4.69, 9.17) is 0 Å². The van der Waals surface area contributed by atoms with Crippen molar-refractivity contribution in [3.8, 4) is 0 Å². The van der Waals surface area contributed by atoms with Crippen LogP contribution in [0, 0.1) is 16.1 Å². The number of nitrogens with zero attached hydrogens (tertiary/aromatic N) is 2. The van der Waals surface area contributed by atoms with E-state index in [1.165, 1.54) is 6.92 Å². The number of carbonyl (C=O) groups is 1. The van der Waals surface area contributed by atoms with Crippen molar-refractivity contribution in [3.63, 3.8) is 0 Å². The van der Waals surface area contributed by atoms with Crippen LogP contribution in [0.4, 0.5) is 18.9 Å². The monoisotopic (exact) mass is 278 g/mol. The van der Waals surface area contributed by atoms with Crippen LogP contribution in [0.25, 0.3) is 0 Å². The van der Waals surface area contributed by atoms with Crippen LogP contribution in [-0.4, -0.2) is 22.5 Å². The van der Waals surface area contributed by atoms with Crippen molar-refractivity contribution in [2.24, 2.45) is 0 Å². The number of nitro groups is 1. The zero-order chi connectivity index (χ0) is 14.6. The Labute approximate surface area is 105 Å². The number of pyridine rings is 1. The second-order valence-electron chi connectivity index (χ2n) is 3.38. The molecule has 6 nitrogen and oxygen atoms in total. The lowest BCUT2D eigenvalue weighted by molar-refractivity contribution is -0.388. The highest BCUT2D eigenvalue weighted by Gasteiger charge is 2.25. The molecular weight excluding hydrogens is 269 g/mol. The number of carbonyl (C=O) groups excluding carboxylic acids is 1. The molecule has 0 aliphatic carbocycles. The van der Waals surface area contributed by atoms with E-state index in [2.05, 4.69) is 9.72 Å². The topological polar surface area (TPSA) is 82.3 Å². The quantitative estimate of drug-likeness (QED) is 0.357. The second-order valence-corrected chi connectivity index (χ2v) is 3.38. The first-order valence-electron chi connectivity index (χ1n) is 5.14. The summed E-state index contributed by atoms with van der Waals surface area (Å²) in [4.78, 5) is 23.4. The molecule has 0 unspecified atom stereocenters. The maximum absolute atomic E-state index is 13.1. The fraction of sp³-hybridized carbons (Fsp3) is 0.400. The first-order valence-corrected chi connectivity index (χ1v) is 5.14. The summed E-state index contributed by atoms with van der Waals surface area (Å²) in [5.74, 6) is -2.47. The van der Waals surface area contributed by atoms with Crippen LogP contribution >= 0.6 is 0 Å². The highest BCUT2D eigenvalue weighted by molar-refractivity contribution is 5.73. The summed E-state index contributed by atoms with van der Waals surface area (Å²) >= 11 is 0. The normalized spacial score (nSPS) is 10.6. The zero-order valence-corrected chi connectivity index (χ0v) is 9.73. The molecule has 1 rings (SSSR count). The van der Waals surface area contributed by atoms with Crippen molar-refractivity contribution in [1.82, 2.24) is 4.98 Å². The summed E-state index contributed by atoms with van der Waals surface area (Å²) in [7, 11) is 0. The Hall–Kier alpha value is -2.19. The molecule has 0 N–H and O–H groups in total. The minimum absolute atomic E-state index is 0.0273. The van der Waals surface area contributed by atoms with Crippen molar-refractivity contribution in [2.75, 3.05) is 6.61 Å². The van der Waals surface area contributed by atoms with E-state index in [0.717, 1.165) is 0 Å². The van der Waals surface area contributed by atoms with Gasteiger partial charge in [-0.2, -0.15) is 4.39 Å². The predicted molar refractivity (Wildman–Crippen MR) is 56.1 cm³/mol. The van der Waals surface area contributed by atoms with Crippen LogP contribution in [0.15, 0.2) is 6.07 Å². The van der Waals surface area contributed by atoms with E-state index in [0.29, 0.717) is 6.07 Å². The standard InChI is InChI=1S/C10H9F3N2O4/c1-2-19-7(16)4-5-3-6(15(17)18)10(13)14-8(5)9(11)12/h3,9H,2,4H2,1H3. The van der Waals surface area contributed by atoms with Gasteiger partial charge in [-0.05, 0) is 12.5 Å². The molecule has 0 spiro atoms. The number of aromatic nitrogens is 1. The van der Waals surface area contributed by atoms with Gasteiger partial charge in [-0.25, -0.2) is 13.8 Å². The molecule has 1 aromatic heterocycles. The van der Waals surface area contributed by atoms with Crippen LogP contribution in [0.3, 0.4) is 0 Å². The molecule has 0 aromatic carbocycles.